The standard InChI is InChI=1S/C22H19F2N7O.C21H19F2N7O2.C21H19F2N7O/c23-14-6-2-1-4-12(14)10-31-18-13(5-3-7-15(18)24)16(30-31)21-28-19(25)17(20(26)29-21)27-22(32)11-8-9-11;1-32-10-15(31)26-17-19(24)27-21(28-20(17)25)16-12-6-4-8-14(23)18(12)30(29-16)9-11-5-2-3-7-13(11)22;1-2-15(31)26-17-19(24)27-21(28-20(17)25)16-12-7-5-9-14(23)18(12)30(29-16)10-11-6-3-4-8-13(11)22/h1-7,11H,8-10H2,(H,27,32)(H4,25,26,28,29);2-8H,9-10H2,1H3,(H,26,31)(H4,24,25,27,28);3-9H,2,10H2,1H3,(H,26,31)(H4,24,25,27,28). The molecule has 15 N–H and O–H groups in total. The van der Waals surface area contributed by atoms with Crippen molar-refractivity contribution in [1.29, 1.82) is 0 Å². The number of methoxy groups -OCH3 is 1. The number of fused-ring (bicyclic) bond motifs is 3. The average Bonchev–Trinajstić information content (AvgIpc) is 1.64. The van der Waals surface area contributed by atoms with Crippen LogP contribution in [-0.4, -0.2) is 90.7 Å². The minimum atomic E-state index is -0.540. The first kappa shape index (κ1) is 64.3. The number of anilines is 9. The summed E-state index contributed by atoms with van der Waals surface area (Å²) in [7, 11) is 1.37. The fourth-order valence-corrected chi connectivity index (χ4v) is 10.1. The number of benzene rings is 6. The number of carbonyl (C=O) groups is 3. The number of halogens is 6. The summed E-state index contributed by atoms with van der Waals surface area (Å²) in [5.41, 5.74) is 38.6. The van der Waals surface area contributed by atoms with Crippen molar-refractivity contribution in [1.82, 2.24) is 59.2 Å². The second-order valence-corrected chi connectivity index (χ2v) is 21.4. The van der Waals surface area contributed by atoms with Gasteiger partial charge < -0.3 is 55.1 Å². The van der Waals surface area contributed by atoms with Crippen molar-refractivity contribution in [2.24, 2.45) is 5.92 Å². The highest BCUT2D eigenvalue weighted by Crippen LogP contribution is 2.37. The van der Waals surface area contributed by atoms with Gasteiger partial charge in [0, 0.05) is 52.3 Å². The van der Waals surface area contributed by atoms with Gasteiger partial charge >= 0.3 is 0 Å². The highest BCUT2D eigenvalue weighted by Gasteiger charge is 2.31. The van der Waals surface area contributed by atoms with Crippen LogP contribution in [0.1, 0.15) is 42.9 Å². The Morgan fingerprint density at radius 3 is 1.02 bits per heavy atom. The van der Waals surface area contributed by atoms with E-state index >= 15 is 0 Å². The molecule has 13 rings (SSSR count). The highest BCUT2D eigenvalue weighted by atomic mass is 19.1. The molecule has 0 atom stereocenters. The second-order valence-electron chi connectivity index (χ2n) is 21.4. The van der Waals surface area contributed by atoms with Gasteiger partial charge in [-0.3, -0.25) is 28.4 Å². The number of para-hydroxylation sites is 3. The number of nitrogens with zero attached hydrogens (tertiary/aromatic N) is 12. The van der Waals surface area contributed by atoms with Crippen LogP contribution >= 0.6 is 0 Å². The molecule has 6 aromatic heterocycles. The van der Waals surface area contributed by atoms with Crippen LogP contribution in [0.4, 0.5) is 78.3 Å². The third-order valence-electron chi connectivity index (χ3n) is 14.8. The lowest BCUT2D eigenvalue weighted by molar-refractivity contribution is -0.119. The number of nitrogen functional groups attached to an aromatic ring is 6. The van der Waals surface area contributed by atoms with Gasteiger partial charge in [0.15, 0.2) is 52.4 Å². The average molecular weight is 1300 g/mol. The Labute approximate surface area is 534 Å². The fourth-order valence-electron chi connectivity index (χ4n) is 10.1. The van der Waals surface area contributed by atoms with Crippen LogP contribution in [0.2, 0.25) is 0 Å². The minimum Gasteiger partial charge on any atom is -0.382 e. The maximum absolute atomic E-state index is 14.7. The molecule has 3 amide bonds. The molecule has 0 saturated heterocycles. The van der Waals surface area contributed by atoms with Crippen LogP contribution < -0.4 is 50.4 Å². The van der Waals surface area contributed by atoms with E-state index in [4.69, 9.17) is 39.1 Å². The largest absolute Gasteiger partial charge is 0.382 e. The molecule has 1 aliphatic rings. The van der Waals surface area contributed by atoms with Crippen LogP contribution in [0.5, 0.6) is 0 Å². The van der Waals surface area contributed by atoms with Gasteiger partial charge in [0.1, 0.15) is 92.2 Å². The van der Waals surface area contributed by atoms with Gasteiger partial charge in [0.25, 0.3) is 5.91 Å². The molecule has 1 aliphatic carbocycles. The van der Waals surface area contributed by atoms with E-state index in [0.29, 0.717) is 32.8 Å². The zero-order chi connectivity index (χ0) is 67.4. The number of nitrogens with one attached hydrogen (secondary N) is 3. The van der Waals surface area contributed by atoms with Crippen molar-refractivity contribution in [3.05, 3.63) is 179 Å². The molecule has 0 aliphatic heterocycles. The highest BCUT2D eigenvalue weighted by molar-refractivity contribution is 6.01. The molecule has 1 saturated carbocycles. The number of nitrogens with two attached hydrogens (primary N) is 6. The van der Waals surface area contributed by atoms with Crippen molar-refractivity contribution in [2.45, 2.75) is 45.8 Å². The number of ether oxygens (including phenoxy) is 1. The van der Waals surface area contributed by atoms with E-state index in [1.807, 2.05) is 0 Å². The van der Waals surface area contributed by atoms with E-state index in [9.17, 15) is 40.7 Å². The Morgan fingerprint density at radius 1 is 0.432 bits per heavy atom. The summed E-state index contributed by atoms with van der Waals surface area (Å²) < 4.78 is 95.5. The van der Waals surface area contributed by atoms with E-state index in [1.165, 1.54) is 75.8 Å². The molecule has 0 spiro atoms. The molecule has 0 unspecified atom stereocenters. The first-order valence-corrected chi connectivity index (χ1v) is 29.0. The van der Waals surface area contributed by atoms with Crippen molar-refractivity contribution in [2.75, 3.05) is 64.1 Å². The maximum Gasteiger partial charge on any atom is 0.250 e. The quantitative estimate of drug-likeness (QED) is 0.0407. The summed E-state index contributed by atoms with van der Waals surface area (Å²) in [6.45, 7) is 1.47. The fraction of sp³-hybridized carbons (Fsp3) is 0.156. The molecule has 1 fully saturated rings. The van der Waals surface area contributed by atoms with Gasteiger partial charge in [-0.05, 0) is 49.2 Å². The van der Waals surface area contributed by atoms with Crippen molar-refractivity contribution in [3.63, 3.8) is 0 Å². The zero-order valence-electron chi connectivity index (χ0n) is 50.4. The van der Waals surface area contributed by atoms with E-state index in [-0.39, 0.29) is 153 Å². The summed E-state index contributed by atoms with van der Waals surface area (Å²) >= 11 is 0. The van der Waals surface area contributed by atoms with Gasteiger partial charge in [-0.2, -0.15) is 15.3 Å². The Bertz CT molecular complexity index is 4890. The number of amides is 3. The molecule has 0 radical (unpaired) electrons. The monoisotopic (exact) mass is 1300 g/mol. The molecule has 12 aromatic rings. The lowest BCUT2D eigenvalue weighted by atomic mass is 10.2. The van der Waals surface area contributed by atoms with Crippen LogP contribution in [0, 0.1) is 40.8 Å². The minimum absolute atomic E-state index is 0.000286. The molecule has 0 bridgehead atoms. The predicted octanol–water partition coefficient (Wildman–Crippen LogP) is 9.23. The van der Waals surface area contributed by atoms with E-state index < -0.39 is 40.8 Å². The third-order valence-corrected chi connectivity index (χ3v) is 14.8. The zero-order valence-corrected chi connectivity index (χ0v) is 50.4. The maximum atomic E-state index is 14.7. The summed E-state index contributed by atoms with van der Waals surface area (Å²) in [6, 6.07) is 32.0. The lowest BCUT2D eigenvalue weighted by Crippen LogP contribution is -2.20. The molecular formula is C64H57F6N21O4. The Morgan fingerprint density at radius 2 is 0.726 bits per heavy atom. The first-order valence-electron chi connectivity index (χ1n) is 29.0. The summed E-state index contributed by atoms with van der Waals surface area (Å²) in [5, 5.41) is 22.3. The van der Waals surface area contributed by atoms with Crippen molar-refractivity contribution >= 4 is 102 Å². The van der Waals surface area contributed by atoms with E-state index in [0.717, 1.165) is 12.8 Å². The summed E-state index contributed by atoms with van der Waals surface area (Å²) in [4.78, 5) is 60.9. The van der Waals surface area contributed by atoms with Crippen LogP contribution in [0.15, 0.2) is 127 Å². The number of hydrogen-bond donors (Lipinski definition) is 9. The Balaban J connectivity index is 0.000000145. The van der Waals surface area contributed by atoms with Crippen molar-refractivity contribution < 1.29 is 45.5 Å². The van der Waals surface area contributed by atoms with E-state index in [2.05, 4.69) is 61.2 Å². The Hall–Kier alpha value is -12.3. The first-order chi connectivity index (χ1) is 45.7. The molecule has 31 heteroatoms. The lowest BCUT2D eigenvalue weighted by Gasteiger charge is -2.10. The normalized spacial score (nSPS) is 11.9. The SMILES string of the molecule is CCC(=O)Nc1c(N)nc(-c2nn(Cc3ccccc3F)c3c(F)cccc23)nc1N.COCC(=O)Nc1c(N)nc(-c2nn(Cc3ccccc3F)c3c(F)cccc23)nc1N.Nc1nc(-c2nn(Cc3ccccc3F)c3c(F)cccc23)nc(N)c1NC(=O)C1CC1. The number of aromatic nitrogens is 12. The molecular weight excluding hydrogens is 1240 g/mol. The van der Waals surface area contributed by atoms with Gasteiger partial charge in [-0.1, -0.05) is 97.9 Å². The third kappa shape index (κ3) is 13.7. The summed E-state index contributed by atoms with van der Waals surface area (Å²) in [6.07, 6.45) is 1.87. The Kier molecular flexibility index (Phi) is 18.4. The van der Waals surface area contributed by atoms with Gasteiger partial charge in [0.2, 0.25) is 11.8 Å². The number of rotatable bonds is 16. The van der Waals surface area contributed by atoms with Gasteiger partial charge in [-0.25, -0.2) is 56.2 Å². The van der Waals surface area contributed by atoms with Crippen LogP contribution in [0.3, 0.4) is 0 Å². The van der Waals surface area contributed by atoms with Gasteiger partial charge in [-0.15, -0.1) is 0 Å². The molecule has 95 heavy (non-hydrogen) atoms. The van der Waals surface area contributed by atoms with Crippen LogP contribution in [-0.2, 0) is 38.8 Å². The van der Waals surface area contributed by atoms with Crippen LogP contribution in [0.25, 0.3) is 67.3 Å². The smallest absolute Gasteiger partial charge is 0.250 e. The number of hydrogen-bond acceptors (Lipinski definition) is 19. The van der Waals surface area contributed by atoms with E-state index in [1.54, 1.807) is 79.7 Å². The molecule has 484 valence electrons. The number of carbonyl (C=O) groups excluding carboxylic acids is 3. The molecule has 6 aromatic carbocycles. The van der Waals surface area contributed by atoms with Gasteiger partial charge in [0.05, 0.1) is 19.6 Å². The predicted molar refractivity (Wildman–Crippen MR) is 346 cm³/mol. The topological polar surface area (TPSA) is 383 Å². The van der Waals surface area contributed by atoms with Crippen molar-refractivity contribution in [3.8, 4) is 34.6 Å². The molecule has 25 nitrogen and oxygen atoms in total. The summed E-state index contributed by atoms with van der Waals surface area (Å²) in [5.74, 6) is -4.01. The second kappa shape index (κ2) is 27.3. The molecule has 6 heterocycles.